The van der Waals surface area contributed by atoms with Gasteiger partial charge in [-0.1, -0.05) is 25.1 Å². The lowest BCUT2D eigenvalue weighted by molar-refractivity contribution is 0.0997. The van der Waals surface area contributed by atoms with Crippen molar-refractivity contribution in [3.8, 4) is 5.75 Å². The van der Waals surface area contributed by atoms with Gasteiger partial charge in [-0.2, -0.15) is 0 Å². The van der Waals surface area contributed by atoms with Gasteiger partial charge in [0.25, 0.3) is 15.9 Å². The van der Waals surface area contributed by atoms with Gasteiger partial charge in [-0.3, -0.25) is 13.9 Å². The molecule has 3 aromatic carbocycles. The minimum Gasteiger partial charge on any atom is -0.487 e. The van der Waals surface area contributed by atoms with Crippen molar-refractivity contribution in [1.82, 2.24) is 0 Å². The Morgan fingerprint density at radius 1 is 1.06 bits per heavy atom. The van der Waals surface area contributed by atoms with Gasteiger partial charge < -0.3 is 14.5 Å². The van der Waals surface area contributed by atoms with Crippen LogP contribution in [-0.2, 0) is 16.4 Å². The van der Waals surface area contributed by atoms with Crippen LogP contribution in [0.1, 0.15) is 30.0 Å². The first-order chi connectivity index (χ1) is 17.3. The van der Waals surface area contributed by atoms with E-state index < -0.39 is 15.9 Å². The number of aryl methyl sites for hydroxylation is 1. The predicted octanol–water partition coefficient (Wildman–Crippen LogP) is 4.58. The maximum atomic E-state index is 13.4. The fraction of sp³-hybridized carbons (Fsp3) is 0.185. The molecule has 9 heteroatoms. The van der Waals surface area contributed by atoms with E-state index in [1.54, 1.807) is 36.4 Å². The van der Waals surface area contributed by atoms with Crippen LogP contribution in [0.2, 0.25) is 0 Å². The van der Waals surface area contributed by atoms with E-state index in [4.69, 9.17) is 9.15 Å². The Hall–Kier alpha value is -4.11. The van der Waals surface area contributed by atoms with E-state index in [0.717, 1.165) is 18.1 Å². The van der Waals surface area contributed by atoms with E-state index in [2.05, 4.69) is 5.32 Å². The van der Waals surface area contributed by atoms with Crippen LogP contribution in [0.25, 0.3) is 11.0 Å². The summed E-state index contributed by atoms with van der Waals surface area (Å²) in [6.07, 6.45) is 0.471. The summed E-state index contributed by atoms with van der Waals surface area (Å²) in [5.41, 5.74) is 1.85. The Morgan fingerprint density at radius 2 is 1.81 bits per heavy atom. The van der Waals surface area contributed by atoms with Gasteiger partial charge in [0.1, 0.15) is 17.4 Å². The average Bonchev–Trinajstić information content (AvgIpc) is 2.88. The Bertz CT molecular complexity index is 1630. The number of nitrogens with zero attached hydrogens (tertiary/aromatic N) is 1. The van der Waals surface area contributed by atoms with Gasteiger partial charge in [-0.15, -0.1) is 0 Å². The van der Waals surface area contributed by atoms with E-state index in [9.17, 15) is 18.0 Å². The lowest BCUT2D eigenvalue weighted by Crippen LogP contribution is -2.42. The summed E-state index contributed by atoms with van der Waals surface area (Å²) < 4.78 is 39.5. The lowest BCUT2D eigenvalue weighted by Gasteiger charge is -2.34. The van der Waals surface area contributed by atoms with E-state index in [1.165, 1.54) is 28.6 Å². The molecule has 2 heterocycles. The molecule has 1 aliphatic heterocycles. The number of carbonyl (C=O) groups excluding carboxylic acids is 1. The highest BCUT2D eigenvalue weighted by atomic mass is 32.2. The van der Waals surface area contributed by atoms with Crippen molar-refractivity contribution in [2.45, 2.75) is 31.3 Å². The first-order valence-corrected chi connectivity index (χ1v) is 13.0. The quantitative estimate of drug-likeness (QED) is 0.426. The molecule has 8 nitrogen and oxygen atoms in total. The maximum Gasteiger partial charge on any atom is 0.291 e. The maximum absolute atomic E-state index is 13.4. The smallest absolute Gasteiger partial charge is 0.291 e. The zero-order chi connectivity index (χ0) is 25.4. The summed E-state index contributed by atoms with van der Waals surface area (Å²) >= 11 is 0. The monoisotopic (exact) mass is 504 g/mol. The first-order valence-electron chi connectivity index (χ1n) is 11.5. The number of anilines is 2. The molecule has 0 saturated carbocycles. The van der Waals surface area contributed by atoms with Crippen molar-refractivity contribution >= 4 is 38.3 Å². The molecule has 1 N–H and O–H groups in total. The summed E-state index contributed by atoms with van der Waals surface area (Å²) in [6, 6.07) is 19.3. The average molecular weight is 505 g/mol. The number of sulfonamides is 1. The van der Waals surface area contributed by atoms with Gasteiger partial charge in [-0.05, 0) is 67.4 Å². The normalized spacial score (nSPS) is 15.3. The summed E-state index contributed by atoms with van der Waals surface area (Å²) in [4.78, 5) is 25.3. The van der Waals surface area contributed by atoms with Crippen molar-refractivity contribution in [1.29, 1.82) is 0 Å². The number of hydrogen-bond donors (Lipinski definition) is 1. The van der Waals surface area contributed by atoms with Gasteiger partial charge in [0.05, 0.1) is 22.5 Å². The van der Waals surface area contributed by atoms with E-state index in [0.29, 0.717) is 28.1 Å². The molecule has 0 saturated heterocycles. The van der Waals surface area contributed by atoms with Crippen LogP contribution in [0, 0.1) is 0 Å². The summed E-state index contributed by atoms with van der Waals surface area (Å²) in [5.74, 6) is -0.237. The van der Waals surface area contributed by atoms with Gasteiger partial charge in [0.2, 0.25) is 0 Å². The van der Waals surface area contributed by atoms with Gasteiger partial charge in [-0.25, -0.2) is 8.42 Å². The first kappa shape index (κ1) is 23.6. The fourth-order valence-corrected chi connectivity index (χ4v) is 5.69. The number of carbonyl (C=O) groups is 1. The molecule has 5 rings (SSSR count). The number of fused-ring (bicyclic) bond motifs is 2. The molecule has 4 aromatic rings. The molecule has 0 fully saturated rings. The molecule has 1 unspecified atom stereocenters. The Balaban J connectivity index is 1.38. The second-order valence-electron chi connectivity index (χ2n) is 8.57. The van der Waals surface area contributed by atoms with Crippen molar-refractivity contribution in [3.05, 3.63) is 94.3 Å². The number of nitrogens with one attached hydrogen (secondary N) is 1. The molecule has 1 amide bonds. The molecule has 1 atom stereocenters. The lowest BCUT2D eigenvalue weighted by atomic mass is 10.1. The number of hydrogen-bond acceptors (Lipinski definition) is 6. The largest absolute Gasteiger partial charge is 0.487 e. The topological polar surface area (TPSA) is 106 Å². The van der Waals surface area contributed by atoms with E-state index >= 15 is 0 Å². The van der Waals surface area contributed by atoms with Gasteiger partial charge in [0, 0.05) is 11.8 Å². The summed E-state index contributed by atoms with van der Waals surface area (Å²) in [5, 5.41) is 3.07. The fourth-order valence-electron chi connectivity index (χ4n) is 4.14. The van der Waals surface area contributed by atoms with Crippen molar-refractivity contribution in [3.63, 3.8) is 0 Å². The van der Waals surface area contributed by atoms with E-state index in [-0.39, 0.29) is 28.7 Å². The van der Waals surface area contributed by atoms with Crippen LogP contribution in [0.3, 0.4) is 0 Å². The van der Waals surface area contributed by atoms with Crippen LogP contribution in [0.15, 0.2) is 86.9 Å². The molecule has 184 valence electrons. The second kappa shape index (κ2) is 9.16. The molecule has 0 aliphatic carbocycles. The minimum absolute atomic E-state index is 0.0772. The van der Waals surface area contributed by atoms with E-state index in [1.807, 2.05) is 19.9 Å². The molecule has 0 bridgehead atoms. The molecule has 0 spiro atoms. The van der Waals surface area contributed by atoms with Crippen molar-refractivity contribution < 1.29 is 22.4 Å². The Labute approximate surface area is 208 Å². The highest BCUT2D eigenvalue weighted by Crippen LogP contribution is 2.36. The minimum atomic E-state index is -3.86. The van der Waals surface area contributed by atoms with Crippen LogP contribution >= 0.6 is 0 Å². The third-order valence-corrected chi connectivity index (χ3v) is 7.80. The number of benzene rings is 3. The Kier molecular flexibility index (Phi) is 6.01. The standard InChI is InChI=1S/C27H24N2O6S/c1-3-18-8-13-24-21(14-18)23(30)15-26(35-24)27(31)28-19-9-11-20(12-10-19)36(32,33)29-16-17(2)34-25-7-5-4-6-22(25)29/h4-15,17H,3,16H2,1-2H3,(H,28,31). The van der Waals surface area contributed by atoms with Crippen LogP contribution < -0.4 is 19.8 Å². The number of amides is 1. The zero-order valence-electron chi connectivity index (χ0n) is 19.7. The van der Waals surface area contributed by atoms with Crippen LogP contribution in [0.5, 0.6) is 5.75 Å². The van der Waals surface area contributed by atoms with Gasteiger partial charge >= 0.3 is 0 Å². The third kappa shape index (κ3) is 4.33. The molecular formula is C27H24N2O6S. The number of ether oxygens (including phenoxy) is 1. The highest BCUT2D eigenvalue weighted by molar-refractivity contribution is 7.92. The molecule has 36 heavy (non-hydrogen) atoms. The molecule has 1 aromatic heterocycles. The summed E-state index contributed by atoms with van der Waals surface area (Å²) in [7, 11) is -3.86. The number of para-hydroxylation sites is 2. The zero-order valence-corrected chi connectivity index (χ0v) is 20.5. The van der Waals surface area contributed by atoms with Crippen molar-refractivity contribution in [2.75, 3.05) is 16.2 Å². The second-order valence-corrected chi connectivity index (χ2v) is 10.4. The molecule has 0 radical (unpaired) electrons. The van der Waals surface area contributed by atoms with Crippen LogP contribution in [-0.4, -0.2) is 27.0 Å². The van der Waals surface area contributed by atoms with Gasteiger partial charge in [0.15, 0.2) is 11.2 Å². The molecule has 1 aliphatic rings. The SMILES string of the molecule is CCc1ccc2oc(C(=O)Nc3ccc(S(=O)(=O)N4CC(C)Oc5ccccc54)cc3)cc(=O)c2c1. The number of rotatable bonds is 5. The van der Waals surface area contributed by atoms with Crippen LogP contribution in [0.4, 0.5) is 11.4 Å². The predicted molar refractivity (Wildman–Crippen MR) is 137 cm³/mol. The molecular weight excluding hydrogens is 480 g/mol. The summed E-state index contributed by atoms with van der Waals surface area (Å²) in [6.45, 7) is 3.98. The highest BCUT2D eigenvalue weighted by Gasteiger charge is 2.32. The third-order valence-electron chi connectivity index (χ3n) is 6.01. The van der Waals surface area contributed by atoms with Crippen molar-refractivity contribution in [2.24, 2.45) is 0 Å². The Morgan fingerprint density at radius 3 is 2.56 bits per heavy atom.